The van der Waals surface area contributed by atoms with Gasteiger partial charge in [0.1, 0.15) is 6.04 Å². The van der Waals surface area contributed by atoms with Crippen LogP contribution in [-0.2, 0) is 4.79 Å². The monoisotopic (exact) mass is 233 g/mol. The molecule has 2 atom stereocenters. The summed E-state index contributed by atoms with van der Waals surface area (Å²) in [7, 11) is 1.87. The SMILES string of the molecule is CNCC1C(=O)NCC(C)N1c1ccccc1. The quantitative estimate of drug-likeness (QED) is 0.803. The van der Waals surface area contributed by atoms with Crippen LogP contribution < -0.4 is 15.5 Å². The number of benzene rings is 1. The minimum absolute atomic E-state index is 0.0984. The molecule has 1 saturated heterocycles. The fourth-order valence-electron chi connectivity index (χ4n) is 2.32. The molecule has 1 aliphatic heterocycles. The van der Waals surface area contributed by atoms with E-state index in [9.17, 15) is 4.79 Å². The van der Waals surface area contributed by atoms with Crippen LogP contribution in [0, 0.1) is 0 Å². The molecule has 1 aromatic carbocycles. The molecule has 0 aliphatic carbocycles. The number of hydrogen-bond acceptors (Lipinski definition) is 3. The molecule has 1 fully saturated rings. The lowest BCUT2D eigenvalue weighted by Crippen LogP contribution is -2.62. The molecular weight excluding hydrogens is 214 g/mol. The van der Waals surface area contributed by atoms with Crippen molar-refractivity contribution in [2.45, 2.75) is 19.0 Å². The van der Waals surface area contributed by atoms with E-state index >= 15 is 0 Å². The second-order valence-electron chi connectivity index (χ2n) is 4.41. The van der Waals surface area contributed by atoms with E-state index in [-0.39, 0.29) is 11.9 Å². The van der Waals surface area contributed by atoms with Gasteiger partial charge in [-0.1, -0.05) is 18.2 Å². The van der Waals surface area contributed by atoms with Crippen LogP contribution in [0.15, 0.2) is 30.3 Å². The van der Waals surface area contributed by atoms with Crippen molar-refractivity contribution < 1.29 is 4.79 Å². The molecule has 0 saturated carbocycles. The molecule has 0 bridgehead atoms. The maximum absolute atomic E-state index is 11.9. The first-order valence-corrected chi connectivity index (χ1v) is 5.99. The Morgan fingerprint density at radius 2 is 2.12 bits per heavy atom. The molecular formula is C13H19N3O. The summed E-state index contributed by atoms with van der Waals surface area (Å²) in [5.74, 6) is 0.0984. The van der Waals surface area contributed by atoms with Gasteiger partial charge in [-0.15, -0.1) is 0 Å². The summed E-state index contributed by atoms with van der Waals surface area (Å²) in [5.41, 5.74) is 1.11. The summed E-state index contributed by atoms with van der Waals surface area (Å²) in [6.07, 6.45) is 0. The van der Waals surface area contributed by atoms with Crippen LogP contribution in [0.4, 0.5) is 5.69 Å². The number of carbonyl (C=O) groups excluding carboxylic acids is 1. The Morgan fingerprint density at radius 3 is 2.76 bits per heavy atom. The van der Waals surface area contributed by atoms with Crippen molar-refractivity contribution in [3.05, 3.63) is 30.3 Å². The third-order valence-electron chi connectivity index (χ3n) is 3.14. The number of carbonyl (C=O) groups is 1. The predicted octanol–water partition coefficient (Wildman–Crippen LogP) is 0.599. The second kappa shape index (κ2) is 5.19. The molecule has 2 N–H and O–H groups in total. The summed E-state index contributed by atoms with van der Waals surface area (Å²) in [6, 6.07) is 10.3. The summed E-state index contributed by atoms with van der Waals surface area (Å²) in [6.45, 7) is 3.49. The first kappa shape index (κ1) is 11.9. The van der Waals surface area contributed by atoms with Crippen molar-refractivity contribution in [1.82, 2.24) is 10.6 Å². The highest BCUT2D eigenvalue weighted by Gasteiger charge is 2.33. The van der Waals surface area contributed by atoms with Crippen LogP contribution >= 0.6 is 0 Å². The van der Waals surface area contributed by atoms with Gasteiger partial charge in [0.05, 0.1) is 0 Å². The highest BCUT2D eigenvalue weighted by molar-refractivity contribution is 5.87. The van der Waals surface area contributed by atoms with E-state index in [0.717, 1.165) is 5.69 Å². The van der Waals surface area contributed by atoms with Crippen LogP contribution in [0.25, 0.3) is 0 Å². The Bertz CT molecular complexity index is 380. The van der Waals surface area contributed by atoms with Gasteiger partial charge in [0.2, 0.25) is 5.91 Å². The molecule has 1 amide bonds. The van der Waals surface area contributed by atoms with E-state index in [2.05, 4.69) is 34.6 Å². The third-order valence-corrected chi connectivity index (χ3v) is 3.14. The number of para-hydroxylation sites is 1. The summed E-state index contributed by atoms with van der Waals surface area (Å²) in [4.78, 5) is 14.1. The van der Waals surface area contributed by atoms with E-state index in [4.69, 9.17) is 0 Å². The van der Waals surface area contributed by atoms with Crippen molar-refractivity contribution >= 4 is 11.6 Å². The maximum Gasteiger partial charge on any atom is 0.244 e. The van der Waals surface area contributed by atoms with Gasteiger partial charge < -0.3 is 15.5 Å². The molecule has 92 valence electrons. The Kier molecular flexibility index (Phi) is 3.64. The molecule has 4 nitrogen and oxygen atoms in total. The average molecular weight is 233 g/mol. The molecule has 2 rings (SSSR count). The van der Waals surface area contributed by atoms with Gasteiger partial charge in [-0.3, -0.25) is 4.79 Å². The zero-order valence-electron chi connectivity index (χ0n) is 10.3. The highest BCUT2D eigenvalue weighted by atomic mass is 16.2. The molecule has 4 heteroatoms. The van der Waals surface area contributed by atoms with Crippen LogP contribution in [0.1, 0.15) is 6.92 Å². The first-order chi connectivity index (χ1) is 8.24. The van der Waals surface area contributed by atoms with Gasteiger partial charge in [-0.05, 0) is 26.1 Å². The number of likely N-dealkylation sites (N-methyl/N-ethyl adjacent to an activating group) is 1. The molecule has 0 radical (unpaired) electrons. The van der Waals surface area contributed by atoms with Gasteiger partial charge in [0, 0.05) is 24.8 Å². The molecule has 17 heavy (non-hydrogen) atoms. The maximum atomic E-state index is 11.9. The van der Waals surface area contributed by atoms with Gasteiger partial charge in [0.25, 0.3) is 0 Å². The topological polar surface area (TPSA) is 44.4 Å². The number of amides is 1. The first-order valence-electron chi connectivity index (χ1n) is 5.99. The predicted molar refractivity (Wildman–Crippen MR) is 69.1 cm³/mol. The van der Waals surface area contributed by atoms with Crippen molar-refractivity contribution in [1.29, 1.82) is 0 Å². The molecule has 1 aromatic rings. The molecule has 0 spiro atoms. The number of nitrogens with zero attached hydrogens (tertiary/aromatic N) is 1. The number of piperazine rings is 1. The Morgan fingerprint density at radius 1 is 1.41 bits per heavy atom. The fraction of sp³-hybridized carbons (Fsp3) is 0.462. The lowest BCUT2D eigenvalue weighted by Gasteiger charge is -2.41. The van der Waals surface area contributed by atoms with Crippen LogP contribution in [0.5, 0.6) is 0 Å². The van der Waals surface area contributed by atoms with Crippen molar-refractivity contribution in [2.75, 3.05) is 25.0 Å². The van der Waals surface area contributed by atoms with Crippen molar-refractivity contribution in [3.63, 3.8) is 0 Å². The molecule has 2 unspecified atom stereocenters. The van der Waals surface area contributed by atoms with Crippen molar-refractivity contribution in [3.8, 4) is 0 Å². The Hall–Kier alpha value is -1.55. The number of rotatable bonds is 3. The molecule has 1 heterocycles. The minimum Gasteiger partial charge on any atom is -0.354 e. The number of nitrogens with one attached hydrogen (secondary N) is 2. The number of hydrogen-bond donors (Lipinski definition) is 2. The van der Waals surface area contributed by atoms with E-state index in [1.54, 1.807) is 0 Å². The Labute approximate surface area is 102 Å². The van der Waals surface area contributed by atoms with Gasteiger partial charge >= 0.3 is 0 Å². The summed E-state index contributed by atoms with van der Waals surface area (Å²) >= 11 is 0. The average Bonchev–Trinajstić information content (AvgIpc) is 2.35. The van der Waals surface area contributed by atoms with Crippen LogP contribution in [0.2, 0.25) is 0 Å². The van der Waals surface area contributed by atoms with Crippen molar-refractivity contribution in [2.24, 2.45) is 0 Å². The molecule has 1 aliphatic rings. The zero-order chi connectivity index (χ0) is 12.3. The largest absolute Gasteiger partial charge is 0.354 e. The third kappa shape index (κ3) is 2.42. The lowest BCUT2D eigenvalue weighted by atomic mass is 10.1. The normalized spacial score (nSPS) is 24.6. The fourth-order valence-corrected chi connectivity index (χ4v) is 2.32. The van der Waals surface area contributed by atoms with E-state index in [0.29, 0.717) is 19.1 Å². The van der Waals surface area contributed by atoms with Gasteiger partial charge in [-0.2, -0.15) is 0 Å². The zero-order valence-corrected chi connectivity index (χ0v) is 10.3. The minimum atomic E-state index is -0.133. The van der Waals surface area contributed by atoms with Crippen LogP contribution in [-0.4, -0.2) is 38.1 Å². The second-order valence-corrected chi connectivity index (χ2v) is 4.41. The van der Waals surface area contributed by atoms with Crippen LogP contribution in [0.3, 0.4) is 0 Å². The summed E-state index contributed by atoms with van der Waals surface area (Å²) < 4.78 is 0. The number of anilines is 1. The molecule has 0 aromatic heterocycles. The van der Waals surface area contributed by atoms with Gasteiger partial charge in [0.15, 0.2) is 0 Å². The standard InChI is InChI=1S/C13H19N3O/c1-10-8-15-13(17)12(9-14-2)16(10)11-6-4-3-5-7-11/h3-7,10,12,14H,8-9H2,1-2H3,(H,15,17). The van der Waals surface area contributed by atoms with Gasteiger partial charge in [-0.25, -0.2) is 0 Å². The smallest absolute Gasteiger partial charge is 0.244 e. The van der Waals surface area contributed by atoms with E-state index < -0.39 is 0 Å². The summed E-state index contributed by atoms with van der Waals surface area (Å²) in [5, 5.41) is 6.03. The van der Waals surface area contributed by atoms with E-state index in [1.807, 2.05) is 25.2 Å². The lowest BCUT2D eigenvalue weighted by molar-refractivity contribution is -0.123. The highest BCUT2D eigenvalue weighted by Crippen LogP contribution is 2.21. The Balaban J connectivity index is 2.28. The van der Waals surface area contributed by atoms with E-state index in [1.165, 1.54) is 0 Å².